The molecule has 0 aliphatic carbocycles. The van der Waals surface area contributed by atoms with Crippen molar-refractivity contribution in [1.82, 2.24) is 9.97 Å². The number of carbonyl (C=O) groups is 1. The van der Waals surface area contributed by atoms with Crippen molar-refractivity contribution in [1.29, 1.82) is 0 Å². The van der Waals surface area contributed by atoms with E-state index >= 15 is 0 Å². The van der Waals surface area contributed by atoms with Gasteiger partial charge in [-0.3, -0.25) is 4.79 Å². The van der Waals surface area contributed by atoms with Crippen molar-refractivity contribution in [2.45, 2.75) is 13.5 Å². The topological polar surface area (TPSA) is 55.3 Å². The lowest BCUT2D eigenvalue weighted by Crippen LogP contribution is -2.29. The number of rotatable bonds is 2. The molecule has 0 atom stereocenters. The second-order valence-corrected chi connectivity index (χ2v) is 7.03. The van der Waals surface area contributed by atoms with Crippen LogP contribution in [0.4, 0.5) is 10.1 Å². The zero-order chi connectivity index (χ0) is 20.5. The van der Waals surface area contributed by atoms with Crippen molar-refractivity contribution in [2.24, 2.45) is 0 Å². The molecule has 0 bridgehead atoms. The fraction of sp³-hybridized carbons (Fsp3) is 0.136. The number of hydrogen-bond donors (Lipinski definition) is 0. The number of halogens is 2. The Morgan fingerprint density at radius 2 is 2.03 bits per heavy atom. The predicted octanol–water partition coefficient (Wildman–Crippen LogP) is 4.98. The highest BCUT2D eigenvalue weighted by atomic mass is 35.5. The van der Waals surface area contributed by atoms with E-state index in [-0.39, 0.29) is 18.1 Å². The van der Waals surface area contributed by atoms with E-state index in [9.17, 15) is 9.18 Å². The summed E-state index contributed by atoms with van der Waals surface area (Å²) in [5.41, 5.74) is 3.41. The average molecular weight is 410 g/mol. The molecular weight excluding hydrogens is 393 g/mol. The van der Waals surface area contributed by atoms with Crippen molar-refractivity contribution in [3.8, 4) is 17.1 Å². The molecule has 2 aromatic heterocycles. The molecule has 5 nitrogen and oxygen atoms in total. The van der Waals surface area contributed by atoms with Crippen LogP contribution in [0.25, 0.3) is 23.4 Å². The van der Waals surface area contributed by atoms with Crippen molar-refractivity contribution < 1.29 is 13.9 Å². The highest BCUT2D eigenvalue weighted by Crippen LogP contribution is 2.32. The summed E-state index contributed by atoms with van der Waals surface area (Å²) in [6, 6.07) is 10.1. The van der Waals surface area contributed by atoms with Gasteiger partial charge < -0.3 is 9.64 Å². The summed E-state index contributed by atoms with van der Waals surface area (Å²) in [4.78, 5) is 22.5. The van der Waals surface area contributed by atoms with E-state index in [2.05, 4.69) is 9.97 Å². The number of pyridine rings is 2. The molecule has 3 aromatic rings. The molecule has 1 aliphatic heterocycles. The zero-order valence-corrected chi connectivity index (χ0v) is 16.6. The van der Waals surface area contributed by atoms with E-state index in [1.54, 1.807) is 35.2 Å². The molecule has 0 spiro atoms. The van der Waals surface area contributed by atoms with Gasteiger partial charge >= 0.3 is 0 Å². The van der Waals surface area contributed by atoms with Crippen LogP contribution < -0.4 is 9.64 Å². The number of aromatic nitrogens is 2. The molecule has 0 fully saturated rings. The monoisotopic (exact) mass is 409 g/mol. The Morgan fingerprint density at radius 3 is 2.72 bits per heavy atom. The summed E-state index contributed by atoms with van der Waals surface area (Å²) in [5.74, 6) is -0.200. The Morgan fingerprint density at radius 1 is 1.21 bits per heavy atom. The first-order chi connectivity index (χ1) is 14.0. The van der Waals surface area contributed by atoms with Gasteiger partial charge in [0.25, 0.3) is 0 Å². The molecule has 146 valence electrons. The van der Waals surface area contributed by atoms with E-state index in [0.717, 1.165) is 5.56 Å². The number of carbonyl (C=O) groups excluding carboxylic acids is 1. The summed E-state index contributed by atoms with van der Waals surface area (Å²) in [6.07, 6.45) is 5.15. The number of nitrogens with zero attached hydrogens (tertiary/aromatic N) is 3. The maximum absolute atomic E-state index is 14.9. The zero-order valence-electron chi connectivity index (χ0n) is 15.8. The first kappa shape index (κ1) is 19.1. The quantitative estimate of drug-likeness (QED) is 0.599. The molecule has 1 aliphatic rings. The molecule has 0 saturated heterocycles. The molecule has 3 heterocycles. The first-order valence-electron chi connectivity index (χ1n) is 8.92. The van der Waals surface area contributed by atoms with Gasteiger partial charge in [-0.15, -0.1) is 0 Å². The number of amides is 1. The smallest absolute Gasteiger partial charge is 0.224 e. The lowest BCUT2D eigenvalue weighted by atomic mass is 10.0. The standard InChI is InChI=1S/C22H17ClFN3O2/c1-13(28)27-12-16-10-18(24)22(15-4-8-21(29-2)25-11-15)26-19(16)6-3-14-9-17(23)5-7-20(14)27/h3-11H,12H2,1-2H3. The van der Waals surface area contributed by atoms with E-state index in [4.69, 9.17) is 16.3 Å². The number of fused-ring (bicyclic) bond motifs is 2. The Labute approximate surface area is 172 Å². The third kappa shape index (κ3) is 3.71. The van der Waals surface area contributed by atoms with Gasteiger partial charge in [0.2, 0.25) is 11.8 Å². The van der Waals surface area contributed by atoms with Crippen LogP contribution in [-0.4, -0.2) is 23.0 Å². The van der Waals surface area contributed by atoms with Crippen LogP contribution in [-0.2, 0) is 11.3 Å². The van der Waals surface area contributed by atoms with E-state index in [1.807, 2.05) is 12.2 Å². The third-order valence-electron chi connectivity index (χ3n) is 4.72. The summed E-state index contributed by atoms with van der Waals surface area (Å²) < 4.78 is 19.9. The van der Waals surface area contributed by atoms with Crippen LogP contribution in [0.5, 0.6) is 5.88 Å². The second-order valence-electron chi connectivity index (χ2n) is 6.59. The molecule has 0 radical (unpaired) electrons. The Balaban J connectivity index is 1.84. The maximum atomic E-state index is 14.9. The van der Waals surface area contributed by atoms with Crippen LogP contribution >= 0.6 is 11.6 Å². The fourth-order valence-electron chi connectivity index (χ4n) is 3.27. The van der Waals surface area contributed by atoms with Gasteiger partial charge in [-0.25, -0.2) is 14.4 Å². The van der Waals surface area contributed by atoms with Crippen LogP contribution in [0, 0.1) is 5.82 Å². The van der Waals surface area contributed by atoms with Crippen LogP contribution in [0.1, 0.15) is 23.7 Å². The predicted molar refractivity (Wildman–Crippen MR) is 111 cm³/mol. The van der Waals surface area contributed by atoms with E-state index < -0.39 is 5.82 Å². The summed E-state index contributed by atoms with van der Waals surface area (Å²) in [7, 11) is 1.52. The third-order valence-corrected chi connectivity index (χ3v) is 4.95. The average Bonchev–Trinajstić information content (AvgIpc) is 2.70. The molecule has 0 N–H and O–H groups in total. The van der Waals surface area contributed by atoms with Crippen LogP contribution in [0.2, 0.25) is 5.02 Å². The van der Waals surface area contributed by atoms with Crippen LogP contribution in [0.3, 0.4) is 0 Å². The molecule has 1 aromatic carbocycles. The SMILES string of the molecule is COc1ccc(-c2nc3c(cc2F)CN(C(C)=O)c2ccc(Cl)cc2C=C3)cn1. The number of anilines is 1. The first-order valence-corrected chi connectivity index (χ1v) is 9.29. The summed E-state index contributed by atoms with van der Waals surface area (Å²) in [5, 5.41) is 0.565. The van der Waals surface area contributed by atoms with Gasteiger partial charge in [-0.05, 0) is 42.0 Å². The van der Waals surface area contributed by atoms with Crippen molar-refractivity contribution in [2.75, 3.05) is 12.0 Å². The van der Waals surface area contributed by atoms with Gasteiger partial charge in [0.1, 0.15) is 11.5 Å². The van der Waals surface area contributed by atoms with E-state index in [1.165, 1.54) is 26.3 Å². The molecule has 7 heteroatoms. The van der Waals surface area contributed by atoms with Crippen molar-refractivity contribution in [3.05, 3.63) is 70.3 Å². The highest BCUT2D eigenvalue weighted by molar-refractivity contribution is 6.30. The second kappa shape index (κ2) is 7.64. The Hall–Kier alpha value is -3.25. The number of benzene rings is 1. The van der Waals surface area contributed by atoms with Gasteiger partial charge in [0.15, 0.2) is 0 Å². The molecule has 0 unspecified atom stereocenters. The van der Waals surface area contributed by atoms with Gasteiger partial charge in [-0.1, -0.05) is 17.7 Å². The largest absolute Gasteiger partial charge is 0.481 e. The maximum Gasteiger partial charge on any atom is 0.224 e. The highest BCUT2D eigenvalue weighted by Gasteiger charge is 2.21. The minimum Gasteiger partial charge on any atom is -0.481 e. The van der Waals surface area contributed by atoms with Crippen molar-refractivity contribution >= 4 is 35.3 Å². The van der Waals surface area contributed by atoms with Gasteiger partial charge in [0.05, 0.1) is 25.0 Å². The van der Waals surface area contributed by atoms with Crippen molar-refractivity contribution in [3.63, 3.8) is 0 Å². The number of ether oxygens (including phenoxy) is 1. The lowest BCUT2D eigenvalue weighted by Gasteiger charge is -2.26. The van der Waals surface area contributed by atoms with E-state index in [0.29, 0.717) is 33.4 Å². The minimum absolute atomic E-state index is 0.154. The molecule has 4 rings (SSSR count). The Kier molecular flexibility index (Phi) is 5.03. The number of hydrogen-bond acceptors (Lipinski definition) is 4. The molecule has 29 heavy (non-hydrogen) atoms. The molecular formula is C22H17ClFN3O2. The normalized spacial score (nSPS) is 12.6. The van der Waals surface area contributed by atoms with Crippen LogP contribution in [0.15, 0.2) is 42.6 Å². The number of methoxy groups -OCH3 is 1. The summed E-state index contributed by atoms with van der Waals surface area (Å²) >= 11 is 6.13. The minimum atomic E-state index is -0.482. The molecule has 1 amide bonds. The molecule has 0 saturated carbocycles. The fourth-order valence-corrected chi connectivity index (χ4v) is 3.45. The summed E-state index contributed by atoms with van der Waals surface area (Å²) in [6.45, 7) is 1.68. The van der Waals surface area contributed by atoms with Gasteiger partial charge in [0, 0.05) is 35.3 Å². The lowest BCUT2D eigenvalue weighted by molar-refractivity contribution is -0.116. The van der Waals surface area contributed by atoms with Gasteiger partial charge in [-0.2, -0.15) is 0 Å². The Bertz CT molecular complexity index is 1130.